The molecular weight excluding hydrogens is 460 g/mol. The first-order chi connectivity index (χ1) is 16.0. The maximum atomic E-state index is 13.7. The lowest BCUT2D eigenvalue weighted by Gasteiger charge is -2.36. The number of urea groups is 1. The van der Waals surface area contributed by atoms with Crippen LogP contribution in [0.5, 0.6) is 5.75 Å². The highest BCUT2D eigenvalue weighted by Crippen LogP contribution is 2.37. The molecule has 9 heteroatoms. The zero-order valence-electron chi connectivity index (χ0n) is 18.3. The van der Waals surface area contributed by atoms with Crippen LogP contribution >= 0.6 is 11.8 Å². The SMILES string of the molecule is COC(=O)c1ccc(OC)c(CN2C(=O)N(c3cccc(SC)c3)S(=O)c3ccccc32)c1. The number of rotatable bonds is 6. The van der Waals surface area contributed by atoms with Crippen LogP contribution < -0.4 is 13.9 Å². The van der Waals surface area contributed by atoms with E-state index in [1.807, 2.05) is 24.5 Å². The normalized spacial score (nSPS) is 15.2. The van der Waals surface area contributed by atoms with Gasteiger partial charge in [0, 0.05) is 10.5 Å². The lowest BCUT2D eigenvalue weighted by atomic mass is 10.1. The van der Waals surface area contributed by atoms with Crippen molar-refractivity contribution in [3.63, 3.8) is 0 Å². The Morgan fingerprint density at radius 3 is 2.55 bits per heavy atom. The van der Waals surface area contributed by atoms with Crippen LogP contribution in [-0.2, 0) is 22.3 Å². The van der Waals surface area contributed by atoms with Gasteiger partial charge in [0.15, 0.2) is 11.0 Å². The molecule has 0 aromatic heterocycles. The number of methoxy groups -OCH3 is 2. The number of esters is 1. The standard InChI is InChI=1S/C24H22N2O5S2/c1-30-21-12-11-16(23(27)31-2)13-17(21)15-25-20-9-4-5-10-22(20)33(29)26(24(25)28)18-7-6-8-19(14-18)32-3/h4-14H,15H2,1-3H3. The largest absolute Gasteiger partial charge is 0.496 e. The first kappa shape index (κ1) is 22.9. The molecular formula is C24H22N2O5S2. The fourth-order valence-corrected chi connectivity index (χ4v) is 5.37. The van der Waals surface area contributed by atoms with E-state index < -0.39 is 23.0 Å². The second-order valence-corrected chi connectivity index (χ2v) is 9.28. The molecule has 1 aliphatic heterocycles. The zero-order valence-corrected chi connectivity index (χ0v) is 19.9. The summed E-state index contributed by atoms with van der Waals surface area (Å²) < 4.78 is 25.0. The van der Waals surface area contributed by atoms with E-state index in [1.54, 1.807) is 53.4 Å². The highest BCUT2D eigenvalue weighted by molar-refractivity contribution is 7.98. The Bertz CT molecular complexity index is 1250. The number of carbonyl (C=O) groups excluding carboxylic acids is 2. The number of nitrogens with zero attached hydrogens (tertiary/aromatic N) is 2. The van der Waals surface area contributed by atoms with Gasteiger partial charge < -0.3 is 9.47 Å². The number of hydrogen-bond acceptors (Lipinski definition) is 6. The number of thioether (sulfide) groups is 1. The molecule has 1 atom stereocenters. The van der Waals surface area contributed by atoms with Crippen molar-refractivity contribution in [1.82, 2.24) is 0 Å². The van der Waals surface area contributed by atoms with Crippen molar-refractivity contribution in [3.8, 4) is 5.75 Å². The highest BCUT2D eigenvalue weighted by atomic mass is 32.2. The van der Waals surface area contributed by atoms with E-state index in [1.165, 1.54) is 30.3 Å². The Morgan fingerprint density at radius 2 is 1.82 bits per heavy atom. The molecule has 0 saturated carbocycles. The molecule has 3 aromatic carbocycles. The average Bonchev–Trinajstić information content (AvgIpc) is 2.86. The van der Waals surface area contributed by atoms with Gasteiger partial charge in [-0.15, -0.1) is 11.8 Å². The van der Waals surface area contributed by atoms with E-state index in [2.05, 4.69) is 0 Å². The first-order valence-electron chi connectivity index (χ1n) is 10.00. The number of amides is 2. The van der Waals surface area contributed by atoms with Crippen LogP contribution in [0.3, 0.4) is 0 Å². The molecule has 0 saturated heterocycles. The van der Waals surface area contributed by atoms with Crippen LogP contribution in [-0.4, -0.2) is 36.7 Å². The molecule has 3 aromatic rings. The summed E-state index contributed by atoms with van der Waals surface area (Å²) in [6, 6.07) is 18.9. The van der Waals surface area contributed by atoms with Crippen molar-refractivity contribution >= 4 is 46.1 Å². The minimum atomic E-state index is -1.72. The average molecular weight is 483 g/mol. The highest BCUT2D eigenvalue weighted by Gasteiger charge is 2.37. The third kappa shape index (κ3) is 4.34. The maximum Gasteiger partial charge on any atom is 0.341 e. The van der Waals surface area contributed by atoms with E-state index in [0.717, 1.165) is 4.90 Å². The molecule has 33 heavy (non-hydrogen) atoms. The fourth-order valence-electron chi connectivity index (χ4n) is 3.62. The molecule has 0 radical (unpaired) electrons. The van der Waals surface area contributed by atoms with Crippen molar-refractivity contribution in [2.45, 2.75) is 16.3 Å². The zero-order chi connectivity index (χ0) is 23.5. The van der Waals surface area contributed by atoms with Crippen LogP contribution in [0.15, 0.2) is 76.5 Å². The molecule has 0 fully saturated rings. The van der Waals surface area contributed by atoms with Crippen molar-refractivity contribution in [2.24, 2.45) is 0 Å². The molecule has 2 amide bonds. The van der Waals surface area contributed by atoms with Crippen molar-refractivity contribution in [1.29, 1.82) is 0 Å². The summed E-state index contributed by atoms with van der Waals surface area (Å²) >= 11 is 1.54. The summed E-state index contributed by atoms with van der Waals surface area (Å²) in [4.78, 5) is 28.8. The Morgan fingerprint density at radius 1 is 1.03 bits per heavy atom. The number of benzene rings is 3. The Kier molecular flexibility index (Phi) is 6.71. The van der Waals surface area contributed by atoms with Crippen LogP contribution in [0.2, 0.25) is 0 Å². The lowest BCUT2D eigenvalue weighted by molar-refractivity contribution is 0.0600. The van der Waals surface area contributed by atoms with E-state index in [0.29, 0.717) is 33.1 Å². The Balaban J connectivity index is 1.81. The van der Waals surface area contributed by atoms with E-state index in [4.69, 9.17) is 9.47 Å². The summed E-state index contributed by atoms with van der Waals surface area (Å²) in [5.41, 5.74) is 2.05. The van der Waals surface area contributed by atoms with Crippen molar-refractivity contribution in [3.05, 3.63) is 77.9 Å². The maximum absolute atomic E-state index is 13.7. The van der Waals surface area contributed by atoms with Crippen LogP contribution in [0.25, 0.3) is 0 Å². The molecule has 0 N–H and O–H groups in total. The molecule has 0 aliphatic carbocycles. The van der Waals surface area contributed by atoms with Gasteiger partial charge in [0.1, 0.15) is 5.75 Å². The molecule has 1 heterocycles. The molecule has 7 nitrogen and oxygen atoms in total. The molecule has 1 unspecified atom stereocenters. The molecule has 170 valence electrons. The van der Waals surface area contributed by atoms with Gasteiger partial charge in [-0.25, -0.2) is 18.1 Å². The van der Waals surface area contributed by atoms with Crippen LogP contribution in [0, 0.1) is 0 Å². The first-order valence-corrected chi connectivity index (χ1v) is 12.3. The number of fused-ring (bicyclic) bond motifs is 1. The van der Waals surface area contributed by atoms with Crippen molar-refractivity contribution < 1.29 is 23.3 Å². The minimum Gasteiger partial charge on any atom is -0.496 e. The second kappa shape index (κ2) is 9.68. The van der Waals surface area contributed by atoms with Gasteiger partial charge in [0.25, 0.3) is 0 Å². The monoisotopic (exact) mass is 482 g/mol. The quantitative estimate of drug-likeness (QED) is 0.368. The van der Waals surface area contributed by atoms with E-state index >= 15 is 0 Å². The smallest absolute Gasteiger partial charge is 0.341 e. The third-order valence-electron chi connectivity index (χ3n) is 5.23. The summed E-state index contributed by atoms with van der Waals surface area (Å²) in [7, 11) is 1.12. The van der Waals surface area contributed by atoms with Crippen LogP contribution in [0.1, 0.15) is 15.9 Å². The lowest BCUT2D eigenvalue weighted by Crippen LogP contribution is -2.48. The molecule has 0 spiro atoms. The van der Waals surface area contributed by atoms with Gasteiger partial charge in [-0.1, -0.05) is 18.2 Å². The summed E-state index contributed by atoms with van der Waals surface area (Å²) in [6.07, 6.45) is 1.94. The van der Waals surface area contributed by atoms with Gasteiger partial charge >= 0.3 is 12.0 Å². The van der Waals surface area contributed by atoms with Gasteiger partial charge in [0.2, 0.25) is 0 Å². The van der Waals surface area contributed by atoms with Crippen LogP contribution in [0.4, 0.5) is 16.2 Å². The minimum absolute atomic E-state index is 0.111. The Labute approximate surface area is 198 Å². The van der Waals surface area contributed by atoms with E-state index in [-0.39, 0.29) is 6.54 Å². The number of carbonyl (C=O) groups is 2. The second-order valence-electron chi connectivity index (χ2n) is 7.10. The van der Waals surface area contributed by atoms with Gasteiger partial charge in [-0.05, 0) is 54.8 Å². The molecule has 0 bridgehead atoms. The van der Waals surface area contributed by atoms with Gasteiger partial charge in [-0.2, -0.15) is 0 Å². The molecule has 4 rings (SSSR count). The van der Waals surface area contributed by atoms with Crippen molar-refractivity contribution in [2.75, 3.05) is 29.7 Å². The summed E-state index contributed by atoms with van der Waals surface area (Å²) in [5, 5.41) is 0. The number of hydrogen-bond donors (Lipinski definition) is 0. The predicted molar refractivity (Wildman–Crippen MR) is 129 cm³/mol. The fraction of sp³-hybridized carbons (Fsp3) is 0.167. The van der Waals surface area contributed by atoms with Gasteiger partial charge in [-0.3, -0.25) is 4.90 Å². The van der Waals surface area contributed by atoms with E-state index in [9.17, 15) is 13.8 Å². The number of ether oxygens (including phenoxy) is 2. The summed E-state index contributed by atoms with van der Waals surface area (Å²) in [5.74, 6) is 0.0384. The molecule has 1 aliphatic rings. The third-order valence-corrected chi connectivity index (χ3v) is 7.38. The summed E-state index contributed by atoms with van der Waals surface area (Å²) in [6.45, 7) is 0.111. The number of para-hydroxylation sites is 1. The number of anilines is 2. The Hall–Kier alpha value is -3.30. The predicted octanol–water partition coefficient (Wildman–Crippen LogP) is 4.87. The van der Waals surface area contributed by atoms with Gasteiger partial charge in [0.05, 0.1) is 42.6 Å². The topological polar surface area (TPSA) is 76.2 Å².